The van der Waals surface area contributed by atoms with Gasteiger partial charge in [-0.05, 0) is 49.2 Å². The van der Waals surface area contributed by atoms with Gasteiger partial charge in [0.25, 0.3) is 0 Å². The highest BCUT2D eigenvalue weighted by atomic mass is 32.1. The van der Waals surface area contributed by atoms with Crippen LogP contribution in [0.5, 0.6) is 0 Å². The molecule has 29 heavy (non-hydrogen) atoms. The molecule has 1 aliphatic rings. The van der Waals surface area contributed by atoms with Crippen molar-refractivity contribution in [2.24, 2.45) is 5.92 Å². The van der Waals surface area contributed by atoms with E-state index < -0.39 is 11.7 Å². The number of amides is 1. The van der Waals surface area contributed by atoms with Gasteiger partial charge in [0.15, 0.2) is 5.13 Å². The van der Waals surface area contributed by atoms with Gasteiger partial charge in [-0.25, -0.2) is 9.37 Å². The number of hydrogen-bond donors (Lipinski definition) is 1. The molecule has 1 N–H and O–H groups in total. The summed E-state index contributed by atoms with van der Waals surface area (Å²) in [4.78, 5) is 19.1. The molecule has 4 nitrogen and oxygen atoms in total. The topological polar surface area (TPSA) is 45.2 Å². The molecule has 2 heterocycles. The molecule has 1 saturated heterocycles. The Morgan fingerprint density at radius 3 is 2.83 bits per heavy atom. The summed E-state index contributed by atoms with van der Waals surface area (Å²) in [6, 6.07) is 9.01. The van der Waals surface area contributed by atoms with Crippen molar-refractivity contribution in [1.29, 1.82) is 0 Å². The van der Waals surface area contributed by atoms with Crippen molar-refractivity contribution in [2.45, 2.75) is 19.0 Å². The summed E-state index contributed by atoms with van der Waals surface area (Å²) < 4.78 is 52.7. The van der Waals surface area contributed by atoms with Crippen molar-refractivity contribution in [3.05, 3.63) is 53.8 Å². The molecule has 152 valence electrons. The maximum absolute atomic E-state index is 13.4. The lowest BCUT2D eigenvalue weighted by Gasteiger charge is -2.31. The molecule has 9 heteroatoms. The summed E-state index contributed by atoms with van der Waals surface area (Å²) in [7, 11) is 0. The van der Waals surface area contributed by atoms with E-state index in [4.69, 9.17) is 0 Å². The number of piperidine rings is 1. The average molecular weight is 423 g/mol. The van der Waals surface area contributed by atoms with E-state index in [1.54, 1.807) is 6.07 Å². The first-order valence-corrected chi connectivity index (χ1v) is 9.90. The maximum atomic E-state index is 13.4. The minimum atomic E-state index is -4.46. The highest BCUT2D eigenvalue weighted by molar-refractivity contribution is 7.22. The Morgan fingerprint density at radius 1 is 1.21 bits per heavy atom. The van der Waals surface area contributed by atoms with E-state index in [1.165, 1.54) is 35.6 Å². The highest BCUT2D eigenvalue weighted by Gasteiger charge is 2.31. The lowest BCUT2D eigenvalue weighted by Crippen LogP contribution is -2.40. The number of nitrogens with one attached hydrogen (secondary N) is 1. The van der Waals surface area contributed by atoms with E-state index in [9.17, 15) is 22.4 Å². The van der Waals surface area contributed by atoms with Crippen molar-refractivity contribution in [1.82, 2.24) is 4.98 Å². The summed E-state index contributed by atoms with van der Waals surface area (Å²) >= 11 is 1.36. The number of carbonyl (C=O) groups is 1. The molecular formula is C20H17F4N3OS. The number of aromatic nitrogens is 1. The normalized spacial score (nSPS) is 17.5. The Bertz CT molecular complexity index is 1050. The van der Waals surface area contributed by atoms with Gasteiger partial charge in [-0.1, -0.05) is 17.4 Å². The first kappa shape index (κ1) is 19.6. The van der Waals surface area contributed by atoms with E-state index in [0.717, 1.165) is 29.8 Å². The van der Waals surface area contributed by atoms with E-state index >= 15 is 0 Å². The first-order chi connectivity index (χ1) is 13.8. The van der Waals surface area contributed by atoms with Crippen LogP contribution in [0.3, 0.4) is 0 Å². The summed E-state index contributed by atoms with van der Waals surface area (Å²) in [6.45, 7) is 1.13. The molecule has 1 unspecified atom stereocenters. The zero-order valence-electron chi connectivity index (χ0n) is 15.2. The Morgan fingerprint density at radius 2 is 2.03 bits per heavy atom. The second-order valence-electron chi connectivity index (χ2n) is 6.96. The van der Waals surface area contributed by atoms with Gasteiger partial charge in [-0.2, -0.15) is 13.2 Å². The molecule has 1 atom stereocenters. The van der Waals surface area contributed by atoms with E-state index in [2.05, 4.69) is 10.3 Å². The summed E-state index contributed by atoms with van der Waals surface area (Å²) in [6.07, 6.45) is -3.07. The molecule has 2 aromatic carbocycles. The van der Waals surface area contributed by atoms with Gasteiger partial charge in [0.2, 0.25) is 5.91 Å². The van der Waals surface area contributed by atoms with Crippen molar-refractivity contribution in [2.75, 3.05) is 23.3 Å². The number of carbonyl (C=O) groups excluding carboxylic acids is 1. The van der Waals surface area contributed by atoms with E-state index in [0.29, 0.717) is 23.6 Å². The molecule has 0 radical (unpaired) electrons. The lowest BCUT2D eigenvalue weighted by molar-refractivity contribution is -0.137. The quantitative estimate of drug-likeness (QED) is 0.581. The van der Waals surface area contributed by atoms with Crippen molar-refractivity contribution < 1.29 is 22.4 Å². The summed E-state index contributed by atoms with van der Waals surface area (Å²) in [5.41, 5.74) is 0.0154. The number of alkyl halides is 3. The zero-order chi connectivity index (χ0) is 20.6. The van der Waals surface area contributed by atoms with Crippen LogP contribution in [-0.4, -0.2) is 24.0 Å². The van der Waals surface area contributed by atoms with Crippen LogP contribution in [0.1, 0.15) is 18.4 Å². The minimum Gasteiger partial charge on any atom is -0.347 e. The van der Waals surface area contributed by atoms with Crippen LogP contribution in [-0.2, 0) is 11.0 Å². The number of fused-ring (bicyclic) bond motifs is 1. The average Bonchev–Trinajstić information content (AvgIpc) is 3.11. The Hall–Kier alpha value is -2.68. The number of nitrogens with zero attached hydrogens (tertiary/aromatic N) is 2. The van der Waals surface area contributed by atoms with Crippen molar-refractivity contribution >= 4 is 38.3 Å². The van der Waals surface area contributed by atoms with Crippen LogP contribution in [0.2, 0.25) is 0 Å². The standard InChI is InChI=1S/C20H17F4N3OS/c21-14-6-7-16-17(10-14)29-19(26-16)27-8-2-3-12(11-27)18(28)25-15-5-1-4-13(9-15)20(22,23)24/h1,4-7,9-10,12H,2-3,8,11H2,(H,25,28). The molecule has 3 aromatic rings. The number of hydrogen-bond acceptors (Lipinski definition) is 4. The SMILES string of the molecule is O=C(Nc1cccc(C(F)(F)F)c1)C1CCCN(c2nc3ccc(F)cc3s2)C1. The van der Waals surface area contributed by atoms with Crippen LogP contribution in [0.25, 0.3) is 10.2 Å². The van der Waals surface area contributed by atoms with Gasteiger partial charge in [0, 0.05) is 18.8 Å². The Labute approximate surface area is 168 Å². The molecular weight excluding hydrogens is 406 g/mol. The van der Waals surface area contributed by atoms with E-state index in [-0.39, 0.29) is 23.3 Å². The van der Waals surface area contributed by atoms with Crippen LogP contribution < -0.4 is 10.2 Å². The molecule has 0 bridgehead atoms. The van der Waals surface area contributed by atoms with Crippen LogP contribution >= 0.6 is 11.3 Å². The van der Waals surface area contributed by atoms with Gasteiger partial charge < -0.3 is 10.2 Å². The second kappa shape index (κ2) is 7.62. The fourth-order valence-corrected chi connectivity index (χ4v) is 4.43. The number of anilines is 2. The Balaban J connectivity index is 1.47. The third-order valence-electron chi connectivity index (χ3n) is 4.86. The third kappa shape index (κ3) is 4.34. The fraction of sp³-hybridized carbons (Fsp3) is 0.300. The monoisotopic (exact) mass is 423 g/mol. The smallest absolute Gasteiger partial charge is 0.347 e. The minimum absolute atomic E-state index is 0.123. The van der Waals surface area contributed by atoms with Crippen molar-refractivity contribution in [3.8, 4) is 0 Å². The van der Waals surface area contributed by atoms with Gasteiger partial charge in [0.05, 0.1) is 21.7 Å². The van der Waals surface area contributed by atoms with Crippen LogP contribution in [0, 0.1) is 11.7 Å². The second-order valence-corrected chi connectivity index (χ2v) is 7.97. The Kier molecular flexibility index (Phi) is 5.16. The van der Waals surface area contributed by atoms with E-state index in [1.807, 2.05) is 4.90 Å². The van der Waals surface area contributed by atoms with Gasteiger partial charge in [-0.3, -0.25) is 4.79 Å². The molecule has 0 spiro atoms. The number of halogens is 4. The summed E-state index contributed by atoms with van der Waals surface area (Å²) in [5.74, 6) is -1.02. The number of rotatable bonds is 3. The molecule has 0 saturated carbocycles. The molecule has 1 aliphatic heterocycles. The molecule has 4 rings (SSSR count). The fourth-order valence-electron chi connectivity index (χ4n) is 3.40. The molecule has 0 aliphatic carbocycles. The molecule has 1 fully saturated rings. The first-order valence-electron chi connectivity index (χ1n) is 9.09. The number of benzene rings is 2. The van der Waals surface area contributed by atoms with Gasteiger partial charge in [-0.15, -0.1) is 0 Å². The summed E-state index contributed by atoms with van der Waals surface area (Å²) in [5, 5.41) is 3.31. The lowest BCUT2D eigenvalue weighted by atomic mass is 9.97. The van der Waals surface area contributed by atoms with Crippen LogP contribution in [0.4, 0.5) is 28.4 Å². The molecule has 1 aromatic heterocycles. The zero-order valence-corrected chi connectivity index (χ0v) is 16.0. The van der Waals surface area contributed by atoms with Gasteiger partial charge in [0.1, 0.15) is 5.82 Å². The van der Waals surface area contributed by atoms with Crippen molar-refractivity contribution in [3.63, 3.8) is 0 Å². The highest BCUT2D eigenvalue weighted by Crippen LogP contribution is 2.33. The van der Waals surface area contributed by atoms with Gasteiger partial charge >= 0.3 is 6.18 Å². The largest absolute Gasteiger partial charge is 0.416 e. The predicted octanol–water partition coefficient (Wildman–Crippen LogP) is 5.31. The number of thiazole rings is 1. The third-order valence-corrected chi connectivity index (χ3v) is 5.94. The molecule has 1 amide bonds. The predicted molar refractivity (Wildman–Crippen MR) is 105 cm³/mol. The van der Waals surface area contributed by atoms with Crippen LogP contribution in [0.15, 0.2) is 42.5 Å². The maximum Gasteiger partial charge on any atom is 0.416 e.